The molecule has 2 unspecified atom stereocenters. The van der Waals surface area contributed by atoms with Crippen LogP contribution >= 0.6 is 11.8 Å². The van der Waals surface area contributed by atoms with Crippen LogP contribution in [0.25, 0.3) is 0 Å². The molecule has 2 N–H and O–H groups in total. The lowest BCUT2D eigenvalue weighted by Gasteiger charge is -2.53. The third-order valence-corrected chi connectivity index (χ3v) is 7.93. The molecule has 2 aromatic rings. The minimum atomic E-state index is -1.29. The lowest BCUT2D eigenvalue weighted by molar-refractivity contribution is -0.169. The third kappa shape index (κ3) is 5.44. The number of carboxylic acid groups (broad SMARTS) is 1. The zero-order valence-electron chi connectivity index (χ0n) is 20.7. The number of hydrogen-bond acceptors (Lipinski definition) is 9. The van der Waals surface area contributed by atoms with E-state index in [9.17, 15) is 29.1 Å². The maximum atomic E-state index is 13.2. The van der Waals surface area contributed by atoms with Gasteiger partial charge in [-0.15, -0.1) is 11.8 Å². The predicted molar refractivity (Wildman–Crippen MR) is 134 cm³/mol. The van der Waals surface area contributed by atoms with Gasteiger partial charge in [0, 0.05) is 19.2 Å². The number of thioether (sulfide) groups is 1. The van der Waals surface area contributed by atoms with Gasteiger partial charge in [-0.1, -0.05) is 24.3 Å². The number of β-lactam (4-membered cyclic amide) rings is 1. The van der Waals surface area contributed by atoms with E-state index in [1.165, 1.54) is 47.9 Å². The van der Waals surface area contributed by atoms with E-state index in [1.807, 2.05) is 0 Å². The van der Waals surface area contributed by atoms with Gasteiger partial charge in [-0.3, -0.25) is 19.2 Å². The fraction of sp³-hybridized carbons (Fsp3) is 0.346. The molecule has 2 amide bonds. The number of hydrogen-bond donors (Lipinski definition) is 2. The SMILES string of the molecule is COc1ccc(COC(=O)C2(COC(C)=O)CS[C@@H]3C(NC(=O)c4ccccc4C(=O)O)C(=O)N3C2)cc1. The highest BCUT2D eigenvalue weighted by atomic mass is 32.2. The minimum absolute atomic E-state index is 0.0195. The van der Waals surface area contributed by atoms with E-state index in [0.717, 1.165) is 5.56 Å². The van der Waals surface area contributed by atoms with Crippen molar-refractivity contribution in [2.75, 3.05) is 26.0 Å². The second-order valence-corrected chi connectivity index (χ2v) is 10.1. The van der Waals surface area contributed by atoms with Crippen LogP contribution in [0.5, 0.6) is 5.75 Å². The Balaban J connectivity index is 1.44. The van der Waals surface area contributed by atoms with Gasteiger partial charge in [0.05, 0.1) is 18.2 Å². The number of carbonyl (C=O) groups is 5. The van der Waals surface area contributed by atoms with E-state index in [-0.39, 0.29) is 36.6 Å². The van der Waals surface area contributed by atoms with Gasteiger partial charge < -0.3 is 29.5 Å². The highest BCUT2D eigenvalue weighted by Crippen LogP contribution is 2.43. The number of ether oxygens (including phenoxy) is 3. The van der Waals surface area contributed by atoms with E-state index in [4.69, 9.17) is 14.2 Å². The van der Waals surface area contributed by atoms with Crippen LogP contribution in [-0.2, 0) is 30.5 Å². The maximum Gasteiger partial charge on any atom is 0.336 e. The molecular formula is C26H26N2O9S. The molecule has 2 heterocycles. The Morgan fingerprint density at radius 2 is 1.76 bits per heavy atom. The van der Waals surface area contributed by atoms with Crippen LogP contribution in [0, 0.1) is 5.41 Å². The molecule has 200 valence electrons. The summed E-state index contributed by atoms with van der Waals surface area (Å²) in [5.41, 5.74) is -0.796. The summed E-state index contributed by atoms with van der Waals surface area (Å²) >= 11 is 1.25. The van der Waals surface area contributed by atoms with E-state index < -0.39 is 46.6 Å². The monoisotopic (exact) mass is 542 g/mol. The van der Waals surface area contributed by atoms with Crippen molar-refractivity contribution in [2.24, 2.45) is 5.41 Å². The first-order valence-electron chi connectivity index (χ1n) is 11.6. The predicted octanol–water partition coefficient (Wildman–Crippen LogP) is 1.70. The summed E-state index contributed by atoms with van der Waals surface area (Å²) in [6, 6.07) is 11.8. The molecular weight excluding hydrogens is 516 g/mol. The number of benzene rings is 2. The Hall–Kier alpha value is -4.06. The summed E-state index contributed by atoms with van der Waals surface area (Å²) in [7, 11) is 1.55. The quantitative estimate of drug-likeness (QED) is 0.354. The molecule has 4 rings (SSSR count). The molecule has 38 heavy (non-hydrogen) atoms. The van der Waals surface area contributed by atoms with Crippen LogP contribution in [-0.4, -0.2) is 77.2 Å². The number of nitrogens with one attached hydrogen (secondary N) is 1. The first-order valence-corrected chi connectivity index (χ1v) is 12.7. The zero-order valence-corrected chi connectivity index (χ0v) is 21.5. The van der Waals surface area contributed by atoms with Gasteiger partial charge in [0.25, 0.3) is 5.91 Å². The lowest BCUT2D eigenvalue weighted by atomic mass is 9.87. The number of carbonyl (C=O) groups excluding carboxylic acids is 4. The first-order chi connectivity index (χ1) is 18.1. The molecule has 0 radical (unpaired) electrons. The van der Waals surface area contributed by atoms with Gasteiger partial charge in [0.2, 0.25) is 5.91 Å². The number of rotatable bonds is 9. The molecule has 0 aromatic heterocycles. The molecule has 2 aromatic carbocycles. The fourth-order valence-corrected chi connectivity index (χ4v) is 5.76. The average molecular weight is 543 g/mol. The Bertz CT molecular complexity index is 1270. The number of fused-ring (bicyclic) bond motifs is 1. The minimum Gasteiger partial charge on any atom is -0.497 e. The molecule has 2 fully saturated rings. The normalized spacial score (nSPS) is 21.9. The summed E-state index contributed by atoms with van der Waals surface area (Å²) in [6.07, 6.45) is 0. The second kappa shape index (κ2) is 11.1. The van der Waals surface area contributed by atoms with Crippen molar-refractivity contribution in [1.82, 2.24) is 10.2 Å². The zero-order chi connectivity index (χ0) is 27.4. The van der Waals surface area contributed by atoms with Gasteiger partial charge in [0.1, 0.15) is 35.8 Å². The van der Waals surface area contributed by atoms with Gasteiger partial charge in [0.15, 0.2) is 0 Å². The molecule has 0 aliphatic carbocycles. The topological polar surface area (TPSA) is 149 Å². The average Bonchev–Trinajstić information content (AvgIpc) is 2.93. The molecule has 0 spiro atoms. The van der Waals surface area contributed by atoms with Crippen LogP contribution in [0.4, 0.5) is 0 Å². The Labute approximate surface area is 222 Å². The Kier molecular flexibility index (Phi) is 7.91. The van der Waals surface area contributed by atoms with E-state index in [2.05, 4.69) is 5.32 Å². The van der Waals surface area contributed by atoms with Crippen LogP contribution in [0.15, 0.2) is 48.5 Å². The molecule has 11 nitrogen and oxygen atoms in total. The van der Waals surface area contributed by atoms with Crippen molar-refractivity contribution in [3.63, 3.8) is 0 Å². The van der Waals surface area contributed by atoms with Crippen molar-refractivity contribution < 1.29 is 43.3 Å². The first kappa shape index (κ1) is 27.0. The number of methoxy groups -OCH3 is 1. The highest BCUT2D eigenvalue weighted by Gasteiger charge is 2.58. The number of nitrogens with zero attached hydrogens (tertiary/aromatic N) is 1. The van der Waals surface area contributed by atoms with Gasteiger partial charge in [-0.25, -0.2) is 4.79 Å². The van der Waals surface area contributed by atoms with Crippen LogP contribution < -0.4 is 10.1 Å². The number of carboxylic acids is 1. The summed E-state index contributed by atoms with van der Waals surface area (Å²) in [4.78, 5) is 63.4. The molecule has 0 bridgehead atoms. The summed E-state index contributed by atoms with van der Waals surface area (Å²) in [5, 5.41) is 11.5. The van der Waals surface area contributed by atoms with Gasteiger partial charge >= 0.3 is 17.9 Å². The highest BCUT2D eigenvalue weighted by molar-refractivity contribution is 8.00. The number of esters is 2. The lowest BCUT2D eigenvalue weighted by Crippen LogP contribution is -2.74. The van der Waals surface area contributed by atoms with Crippen molar-refractivity contribution in [3.8, 4) is 5.75 Å². The summed E-state index contributed by atoms with van der Waals surface area (Å²) in [6.45, 7) is 0.880. The van der Waals surface area contributed by atoms with Gasteiger partial charge in [-0.2, -0.15) is 0 Å². The third-order valence-electron chi connectivity index (χ3n) is 6.35. The molecule has 2 saturated heterocycles. The van der Waals surface area contributed by atoms with Gasteiger partial charge in [-0.05, 0) is 29.8 Å². The Morgan fingerprint density at radius 3 is 2.39 bits per heavy atom. The molecule has 2 aliphatic heterocycles. The summed E-state index contributed by atoms with van der Waals surface area (Å²) in [5.74, 6) is -2.73. The van der Waals surface area contributed by atoms with E-state index in [1.54, 1.807) is 31.4 Å². The Morgan fingerprint density at radius 1 is 1.08 bits per heavy atom. The molecule has 2 aliphatic rings. The van der Waals surface area contributed by atoms with E-state index in [0.29, 0.717) is 5.75 Å². The fourth-order valence-electron chi connectivity index (χ4n) is 4.25. The number of aromatic carboxylic acids is 1. The summed E-state index contributed by atoms with van der Waals surface area (Å²) < 4.78 is 15.9. The largest absolute Gasteiger partial charge is 0.497 e. The maximum absolute atomic E-state index is 13.2. The van der Waals surface area contributed by atoms with Crippen LogP contribution in [0.1, 0.15) is 33.2 Å². The van der Waals surface area contributed by atoms with Crippen LogP contribution in [0.3, 0.4) is 0 Å². The number of amides is 2. The standard InChI is InChI=1S/C26H26N2O9S/c1-15(29)37-13-26(25(34)36-11-16-7-9-17(35-2)10-8-16)12-28-22(31)20(23(28)38-14-26)27-21(30)18-5-3-4-6-19(18)24(32)33/h3-10,20,23H,11-14H2,1-2H3,(H,27,30)(H,32,33)/t20?,23-,26?/m1/s1. The smallest absolute Gasteiger partial charge is 0.336 e. The molecule has 3 atom stereocenters. The van der Waals surface area contributed by atoms with E-state index >= 15 is 0 Å². The van der Waals surface area contributed by atoms with Crippen molar-refractivity contribution in [1.29, 1.82) is 0 Å². The molecule has 0 saturated carbocycles. The van der Waals surface area contributed by atoms with Crippen LogP contribution in [0.2, 0.25) is 0 Å². The van der Waals surface area contributed by atoms with Crippen molar-refractivity contribution in [2.45, 2.75) is 24.9 Å². The van der Waals surface area contributed by atoms with Crippen molar-refractivity contribution in [3.05, 3.63) is 65.2 Å². The van der Waals surface area contributed by atoms with Crippen molar-refractivity contribution >= 4 is 41.5 Å². The molecule has 12 heteroatoms. The second-order valence-electron chi connectivity index (χ2n) is 8.95.